The van der Waals surface area contributed by atoms with Gasteiger partial charge < -0.3 is 23.5 Å². The van der Waals surface area contributed by atoms with Gasteiger partial charge in [0.1, 0.15) is 28.5 Å². The van der Waals surface area contributed by atoms with Gasteiger partial charge in [-0.3, -0.25) is 4.57 Å². The first-order valence-electron chi connectivity index (χ1n) is 11.5. The van der Waals surface area contributed by atoms with Crippen molar-refractivity contribution < 1.29 is 36.7 Å². The van der Waals surface area contributed by atoms with E-state index in [0.29, 0.717) is 44.8 Å². The molecule has 0 saturated carbocycles. The number of aliphatic hydroxyl groups excluding tert-OH is 1. The van der Waals surface area contributed by atoms with Gasteiger partial charge in [0.2, 0.25) is 0 Å². The van der Waals surface area contributed by atoms with Crippen LogP contribution in [-0.2, 0) is 6.61 Å². The van der Waals surface area contributed by atoms with E-state index in [1.807, 2.05) is 0 Å². The smallest absolute Gasteiger partial charge is 0.496 e. The maximum absolute atomic E-state index is 13.1. The van der Waals surface area contributed by atoms with Crippen LogP contribution in [0.1, 0.15) is 35.7 Å². The number of hydrogen-bond donors (Lipinski definition) is 1. The molecule has 0 radical (unpaired) electrons. The summed E-state index contributed by atoms with van der Waals surface area (Å²) in [7, 11) is 1.51. The molecule has 0 amide bonds. The third kappa shape index (κ3) is 4.26. The zero-order valence-corrected chi connectivity index (χ0v) is 20.7. The van der Waals surface area contributed by atoms with Crippen LogP contribution in [0.3, 0.4) is 0 Å². The fourth-order valence-corrected chi connectivity index (χ4v) is 4.67. The predicted molar refractivity (Wildman–Crippen MR) is 130 cm³/mol. The van der Waals surface area contributed by atoms with Gasteiger partial charge in [0, 0.05) is 10.9 Å². The van der Waals surface area contributed by atoms with Gasteiger partial charge in [0.25, 0.3) is 0 Å². The second-order valence-electron chi connectivity index (χ2n) is 8.69. The van der Waals surface area contributed by atoms with Crippen molar-refractivity contribution in [1.82, 2.24) is 14.7 Å². The number of halogens is 3. The minimum absolute atomic E-state index is 0.0982. The van der Waals surface area contributed by atoms with Gasteiger partial charge in [-0.15, -0.1) is 13.2 Å². The molecule has 3 heterocycles. The van der Waals surface area contributed by atoms with E-state index in [1.54, 1.807) is 32.9 Å². The topological polar surface area (TPSA) is 113 Å². The van der Waals surface area contributed by atoms with Crippen molar-refractivity contribution in [2.75, 3.05) is 7.11 Å². The standard InChI is InChI=1S/C26H22F3N3O6/c1-12-22(14(3)38-31-12)18-9-19-17(10-21(18)35-4)23-24(20(11-33)30-19)36-25(34)32(23)13(2)15-5-7-16(8-6-15)37-26(27,28)29/h5-10,13,33H,11H2,1-4H3/t13-/m1/s1. The predicted octanol–water partition coefficient (Wildman–Crippen LogP) is 5.42. The molecular formula is C26H22F3N3O6. The third-order valence-corrected chi connectivity index (χ3v) is 6.37. The van der Waals surface area contributed by atoms with E-state index in [4.69, 9.17) is 13.7 Å². The minimum atomic E-state index is -4.82. The Labute approximate surface area is 213 Å². The quantitative estimate of drug-likeness (QED) is 0.310. The fraction of sp³-hybridized carbons (Fsp3) is 0.269. The lowest BCUT2D eigenvalue weighted by Crippen LogP contribution is -2.20. The van der Waals surface area contributed by atoms with Crippen LogP contribution in [0.15, 0.2) is 50.1 Å². The number of oxazole rings is 1. The number of hydrogen-bond acceptors (Lipinski definition) is 8. The zero-order chi connectivity index (χ0) is 27.4. The van der Waals surface area contributed by atoms with Crippen LogP contribution in [0, 0.1) is 13.8 Å². The lowest BCUT2D eigenvalue weighted by Gasteiger charge is -2.16. The molecule has 0 aliphatic heterocycles. The Morgan fingerprint density at radius 1 is 1.16 bits per heavy atom. The maximum atomic E-state index is 13.1. The first-order chi connectivity index (χ1) is 18.0. The molecule has 1 atom stereocenters. The van der Waals surface area contributed by atoms with E-state index in [1.165, 1.54) is 35.9 Å². The SMILES string of the molecule is COc1cc2c(cc1-c1c(C)noc1C)nc(CO)c1oc(=O)n([C@H](C)c3ccc(OC(F)(F)F)cc3)c12. The molecule has 38 heavy (non-hydrogen) atoms. The largest absolute Gasteiger partial charge is 0.573 e. The lowest BCUT2D eigenvalue weighted by atomic mass is 10.00. The summed E-state index contributed by atoms with van der Waals surface area (Å²) in [4.78, 5) is 17.6. The molecular weight excluding hydrogens is 507 g/mol. The average molecular weight is 529 g/mol. The monoisotopic (exact) mass is 529 g/mol. The van der Waals surface area contributed by atoms with E-state index >= 15 is 0 Å². The molecule has 0 unspecified atom stereocenters. The number of fused-ring (bicyclic) bond motifs is 3. The summed E-state index contributed by atoms with van der Waals surface area (Å²) < 4.78 is 59.5. The number of pyridine rings is 1. The van der Waals surface area contributed by atoms with Crippen molar-refractivity contribution >= 4 is 22.0 Å². The average Bonchev–Trinajstić information content (AvgIpc) is 3.39. The van der Waals surface area contributed by atoms with Crippen LogP contribution < -0.4 is 15.2 Å². The first kappa shape index (κ1) is 25.3. The molecule has 198 valence electrons. The van der Waals surface area contributed by atoms with Crippen LogP contribution >= 0.6 is 0 Å². The molecule has 12 heteroatoms. The van der Waals surface area contributed by atoms with E-state index in [9.17, 15) is 23.1 Å². The summed E-state index contributed by atoms with van der Waals surface area (Å²) in [6, 6.07) is 8.02. The summed E-state index contributed by atoms with van der Waals surface area (Å²) in [6.45, 7) is 4.78. The number of nitrogens with zero attached hydrogens (tertiary/aromatic N) is 3. The Morgan fingerprint density at radius 2 is 1.87 bits per heavy atom. The van der Waals surface area contributed by atoms with E-state index < -0.39 is 24.8 Å². The van der Waals surface area contributed by atoms with Gasteiger partial charge in [0.05, 0.1) is 36.5 Å². The van der Waals surface area contributed by atoms with E-state index in [-0.39, 0.29) is 17.0 Å². The number of aryl methyl sites for hydroxylation is 2. The number of ether oxygens (including phenoxy) is 2. The van der Waals surface area contributed by atoms with Gasteiger partial charge >= 0.3 is 12.1 Å². The summed E-state index contributed by atoms with van der Waals surface area (Å²) in [5, 5.41) is 14.5. The Balaban J connectivity index is 1.73. The number of aliphatic hydroxyl groups is 1. The van der Waals surface area contributed by atoms with Gasteiger partial charge in [-0.2, -0.15) is 0 Å². The zero-order valence-electron chi connectivity index (χ0n) is 20.7. The van der Waals surface area contributed by atoms with Gasteiger partial charge in [-0.05, 0) is 50.6 Å². The van der Waals surface area contributed by atoms with E-state index in [0.717, 1.165) is 5.56 Å². The molecule has 5 aromatic rings. The highest BCUT2D eigenvalue weighted by molar-refractivity contribution is 6.05. The maximum Gasteiger partial charge on any atom is 0.573 e. The number of benzene rings is 2. The number of alkyl halides is 3. The molecule has 3 aromatic heterocycles. The summed E-state index contributed by atoms with van der Waals surface area (Å²) in [6.07, 6.45) is -4.82. The Hall–Kier alpha value is -4.32. The van der Waals surface area contributed by atoms with Crippen LogP contribution in [0.25, 0.3) is 33.1 Å². The Kier molecular flexibility index (Phi) is 6.14. The molecule has 2 aromatic carbocycles. The normalized spacial score (nSPS) is 12.8. The molecule has 5 rings (SSSR count). The van der Waals surface area contributed by atoms with Crippen molar-refractivity contribution in [3.63, 3.8) is 0 Å². The lowest BCUT2D eigenvalue weighted by molar-refractivity contribution is -0.274. The second-order valence-corrected chi connectivity index (χ2v) is 8.69. The summed E-state index contributed by atoms with van der Waals surface area (Å²) >= 11 is 0. The highest BCUT2D eigenvalue weighted by Gasteiger charge is 2.31. The molecule has 0 spiro atoms. The highest BCUT2D eigenvalue weighted by Crippen LogP contribution is 2.40. The van der Waals surface area contributed by atoms with Crippen molar-refractivity contribution in [2.45, 2.75) is 39.8 Å². The Bertz CT molecular complexity index is 1700. The second kappa shape index (κ2) is 9.21. The number of aromatic nitrogens is 3. The molecule has 0 aliphatic rings. The van der Waals surface area contributed by atoms with Crippen LogP contribution in [0.4, 0.5) is 13.2 Å². The summed E-state index contributed by atoms with van der Waals surface area (Å²) in [5.74, 6) is -0.0591. The Morgan fingerprint density at radius 3 is 2.45 bits per heavy atom. The van der Waals surface area contributed by atoms with Crippen molar-refractivity contribution in [3.05, 3.63) is 69.7 Å². The molecule has 0 aliphatic carbocycles. The molecule has 1 N–H and O–H groups in total. The first-order valence-corrected chi connectivity index (χ1v) is 11.5. The number of rotatable bonds is 6. The highest BCUT2D eigenvalue weighted by atomic mass is 19.4. The van der Waals surface area contributed by atoms with Crippen LogP contribution in [-0.4, -0.2) is 33.3 Å². The number of methoxy groups -OCH3 is 1. The van der Waals surface area contributed by atoms with Crippen LogP contribution in [0.2, 0.25) is 0 Å². The molecule has 0 saturated heterocycles. The van der Waals surface area contributed by atoms with Gasteiger partial charge in [-0.1, -0.05) is 17.3 Å². The summed E-state index contributed by atoms with van der Waals surface area (Å²) in [5.41, 5.74) is 3.63. The van der Waals surface area contributed by atoms with Crippen molar-refractivity contribution in [2.24, 2.45) is 0 Å². The molecule has 9 nitrogen and oxygen atoms in total. The van der Waals surface area contributed by atoms with Gasteiger partial charge in [-0.25, -0.2) is 9.78 Å². The van der Waals surface area contributed by atoms with Crippen molar-refractivity contribution in [3.8, 4) is 22.6 Å². The van der Waals surface area contributed by atoms with Crippen LogP contribution in [0.5, 0.6) is 11.5 Å². The van der Waals surface area contributed by atoms with E-state index in [2.05, 4.69) is 14.9 Å². The minimum Gasteiger partial charge on any atom is -0.496 e. The van der Waals surface area contributed by atoms with Gasteiger partial charge in [0.15, 0.2) is 5.58 Å². The fourth-order valence-electron chi connectivity index (χ4n) is 4.67. The van der Waals surface area contributed by atoms with Crippen molar-refractivity contribution in [1.29, 1.82) is 0 Å². The molecule has 0 bridgehead atoms. The third-order valence-electron chi connectivity index (χ3n) is 6.37. The molecule has 0 fully saturated rings.